The summed E-state index contributed by atoms with van der Waals surface area (Å²) in [6.07, 6.45) is -0.739. The van der Waals surface area contributed by atoms with Gasteiger partial charge in [-0.05, 0) is 36.4 Å². The number of benzene rings is 3. The molecule has 0 fully saturated rings. The van der Waals surface area contributed by atoms with Crippen molar-refractivity contribution in [3.63, 3.8) is 0 Å². The Kier molecular flexibility index (Phi) is 6.69. The number of hydrogen-bond acceptors (Lipinski definition) is 3. The van der Waals surface area contributed by atoms with Crippen molar-refractivity contribution in [3.05, 3.63) is 96.0 Å². The Morgan fingerprint density at radius 1 is 0.609 bits per heavy atom. The number of carbonyl (C=O) groups excluding carboxylic acids is 1. The maximum atomic E-state index is 11.3. The normalized spacial score (nSPS) is 9.26. The minimum atomic E-state index is -0.739. The lowest BCUT2D eigenvalue weighted by Gasteiger charge is -2.04. The molecule has 0 aliphatic rings. The molecule has 3 aromatic rings. The molecule has 0 aliphatic heterocycles. The van der Waals surface area contributed by atoms with Crippen molar-refractivity contribution < 1.29 is 14.3 Å². The first-order chi connectivity index (χ1) is 11.2. The largest absolute Gasteiger partial charge is 0.519 e. The molecule has 0 amide bonds. The van der Waals surface area contributed by atoms with Crippen LogP contribution in [0, 0.1) is 0 Å². The van der Waals surface area contributed by atoms with Crippen LogP contribution in [0.3, 0.4) is 0 Å². The lowest BCUT2D eigenvalue weighted by Crippen LogP contribution is -2.13. The molecular weight excluding hydrogens is 312 g/mol. The van der Waals surface area contributed by atoms with Crippen LogP contribution in [0.25, 0.3) is 0 Å². The van der Waals surface area contributed by atoms with E-state index in [9.17, 15) is 4.79 Å². The van der Waals surface area contributed by atoms with E-state index in [4.69, 9.17) is 21.1 Å². The van der Waals surface area contributed by atoms with Crippen molar-refractivity contribution in [3.8, 4) is 11.5 Å². The molecule has 0 spiro atoms. The first kappa shape index (κ1) is 16.6. The van der Waals surface area contributed by atoms with Crippen molar-refractivity contribution >= 4 is 17.8 Å². The van der Waals surface area contributed by atoms with Crippen molar-refractivity contribution in [2.45, 2.75) is 0 Å². The Bertz CT molecular complexity index is 657. The number of hydrogen-bond donors (Lipinski definition) is 0. The minimum absolute atomic E-state index is 0.462. The first-order valence-corrected chi connectivity index (χ1v) is 7.32. The van der Waals surface area contributed by atoms with Gasteiger partial charge in [0.1, 0.15) is 11.5 Å². The molecule has 23 heavy (non-hydrogen) atoms. The van der Waals surface area contributed by atoms with Gasteiger partial charge in [0.2, 0.25) is 0 Å². The van der Waals surface area contributed by atoms with Crippen molar-refractivity contribution in [2.75, 3.05) is 0 Å². The minimum Gasteiger partial charge on any atom is -0.395 e. The third-order valence-corrected chi connectivity index (χ3v) is 2.87. The van der Waals surface area contributed by atoms with E-state index in [0.717, 1.165) is 5.02 Å². The summed E-state index contributed by atoms with van der Waals surface area (Å²) in [7, 11) is 0. The maximum absolute atomic E-state index is 11.3. The quantitative estimate of drug-likeness (QED) is 0.454. The predicted molar refractivity (Wildman–Crippen MR) is 91.0 cm³/mol. The van der Waals surface area contributed by atoms with Gasteiger partial charge in [0.15, 0.2) is 0 Å². The molecule has 3 nitrogen and oxygen atoms in total. The van der Waals surface area contributed by atoms with Crippen LogP contribution in [0.1, 0.15) is 0 Å². The van der Waals surface area contributed by atoms with Gasteiger partial charge in [-0.3, -0.25) is 0 Å². The Morgan fingerprint density at radius 2 is 0.957 bits per heavy atom. The van der Waals surface area contributed by atoms with Crippen LogP contribution >= 0.6 is 11.6 Å². The van der Waals surface area contributed by atoms with Crippen LogP contribution < -0.4 is 9.47 Å². The highest BCUT2D eigenvalue weighted by Gasteiger charge is 2.06. The first-order valence-electron chi connectivity index (χ1n) is 6.94. The van der Waals surface area contributed by atoms with E-state index < -0.39 is 6.16 Å². The van der Waals surface area contributed by atoms with Crippen molar-refractivity contribution in [1.29, 1.82) is 0 Å². The van der Waals surface area contributed by atoms with E-state index in [2.05, 4.69) is 0 Å². The van der Waals surface area contributed by atoms with Crippen LogP contribution in [-0.2, 0) is 0 Å². The van der Waals surface area contributed by atoms with Crippen LogP contribution in [0.15, 0.2) is 91.0 Å². The molecular formula is C19H15ClO3. The van der Waals surface area contributed by atoms with Crippen LogP contribution in [0.5, 0.6) is 11.5 Å². The molecule has 0 saturated carbocycles. The molecule has 4 heteroatoms. The number of ether oxygens (including phenoxy) is 2. The van der Waals surface area contributed by atoms with E-state index in [-0.39, 0.29) is 0 Å². The number of halogens is 1. The summed E-state index contributed by atoms with van der Waals surface area (Å²) in [5, 5.41) is 0.794. The fraction of sp³-hybridized carbons (Fsp3) is 0. The fourth-order valence-electron chi connectivity index (χ4n) is 1.61. The zero-order chi connectivity index (χ0) is 16.3. The highest BCUT2D eigenvalue weighted by Crippen LogP contribution is 2.12. The lowest BCUT2D eigenvalue weighted by molar-refractivity contribution is 0.152. The van der Waals surface area contributed by atoms with Crippen molar-refractivity contribution in [2.24, 2.45) is 0 Å². The second-order valence-corrected chi connectivity index (χ2v) is 4.81. The second-order valence-electron chi connectivity index (χ2n) is 4.38. The average molecular weight is 327 g/mol. The standard InChI is InChI=1S/C13H10O3.C6H5Cl/c14-13(15-11-7-3-1-4-8-11)16-12-9-5-2-6-10-12;7-6-4-2-1-3-5-6/h1-10H;1-5H. The fourth-order valence-corrected chi connectivity index (χ4v) is 1.75. The molecule has 3 rings (SSSR count). The number of para-hydroxylation sites is 2. The molecule has 0 bridgehead atoms. The SMILES string of the molecule is Clc1ccccc1.O=C(Oc1ccccc1)Oc1ccccc1. The van der Waals surface area contributed by atoms with Gasteiger partial charge >= 0.3 is 6.16 Å². The summed E-state index contributed by atoms with van der Waals surface area (Å²) in [5.74, 6) is 0.923. The highest BCUT2D eigenvalue weighted by molar-refractivity contribution is 6.30. The Hall–Kier alpha value is -2.78. The molecule has 0 unspecified atom stereocenters. The van der Waals surface area contributed by atoms with Gasteiger partial charge in [0, 0.05) is 5.02 Å². The second kappa shape index (κ2) is 9.28. The monoisotopic (exact) mass is 326 g/mol. The molecule has 3 aromatic carbocycles. The topological polar surface area (TPSA) is 35.5 Å². The van der Waals surface area contributed by atoms with Gasteiger partial charge in [-0.1, -0.05) is 66.2 Å². The molecule has 0 aliphatic carbocycles. The molecule has 116 valence electrons. The van der Waals surface area contributed by atoms with E-state index in [1.807, 2.05) is 42.5 Å². The molecule has 0 atom stereocenters. The van der Waals surface area contributed by atoms with Gasteiger partial charge in [-0.25, -0.2) is 4.79 Å². The predicted octanol–water partition coefficient (Wildman–Crippen LogP) is 5.60. The van der Waals surface area contributed by atoms with E-state index in [0.29, 0.717) is 11.5 Å². The van der Waals surface area contributed by atoms with E-state index >= 15 is 0 Å². The molecule has 0 aromatic heterocycles. The van der Waals surface area contributed by atoms with Gasteiger partial charge in [0.05, 0.1) is 0 Å². The molecule has 0 radical (unpaired) electrons. The average Bonchev–Trinajstić information content (AvgIpc) is 2.58. The summed E-state index contributed by atoms with van der Waals surface area (Å²) < 4.78 is 9.91. The van der Waals surface area contributed by atoms with Crippen LogP contribution in [0.4, 0.5) is 4.79 Å². The third kappa shape index (κ3) is 6.68. The van der Waals surface area contributed by atoms with Crippen LogP contribution in [0.2, 0.25) is 5.02 Å². The van der Waals surface area contributed by atoms with Gasteiger partial charge in [-0.2, -0.15) is 0 Å². The summed E-state index contributed by atoms with van der Waals surface area (Å²) in [4.78, 5) is 11.3. The molecule has 0 N–H and O–H groups in total. The third-order valence-electron chi connectivity index (χ3n) is 2.62. The summed E-state index contributed by atoms with van der Waals surface area (Å²) >= 11 is 5.54. The van der Waals surface area contributed by atoms with Gasteiger partial charge in [-0.15, -0.1) is 0 Å². The van der Waals surface area contributed by atoms with Gasteiger partial charge in [0.25, 0.3) is 0 Å². The van der Waals surface area contributed by atoms with Gasteiger partial charge < -0.3 is 9.47 Å². The highest BCUT2D eigenvalue weighted by atomic mass is 35.5. The Balaban J connectivity index is 0.000000229. The van der Waals surface area contributed by atoms with Crippen molar-refractivity contribution in [1.82, 2.24) is 0 Å². The molecule has 0 saturated heterocycles. The maximum Gasteiger partial charge on any atom is 0.519 e. The zero-order valence-electron chi connectivity index (χ0n) is 12.3. The van der Waals surface area contributed by atoms with Crippen LogP contribution in [-0.4, -0.2) is 6.16 Å². The Labute approximate surface area is 140 Å². The van der Waals surface area contributed by atoms with E-state index in [1.54, 1.807) is 48.5 Å². The van der Waals surface area contributed by atoms with E-state index in [1.165, 1.54) is 0 Å². The Morgan fingerprint density at radius 3 is 1.26 bits per heavy atom. The summed E-state index contributed by atoms with van der Waals surface area (Å²) in [6, 6.07) is 27.0. The number of carbonyl (C=O) groups is 1. The number of rotatable bonds is 2. The summed E-state index contributed by atoms with van der Waals surface area (Å²) in [5.41, 5.74) is 0. The summed E-state index contributed by atoms with van der Waals surface area (Å²) in [6.45, 7) is 0. The smallest absolute Gasteiger partial charge is 0.395 e. The zero-order valence-corrected chi connectivity index (χ0v) is 13.0. The lowest BCUT2D eigenvalue weighted by atomic mass is 10.3. The molecule has 0 heterocycles.